The van der Waals surface area contributed by atoms with Crippen molar-refractivity contribution in [2.45, 2.75) is 45.7 Å². The molecule has 40 heavy (non-hydrogen) atoms. The number of hydrogen-bond acceptors (Lipinski definition) is 5. The molecular weight excluding hydrogens is 514 g/mol. The van der Waals surface area contributed by atoms with E-state index in [9.17, 15) is 18.4 Å². The number of carbonyl (C=O) groups is 1. The molecule has 1 amide bonds. The summed E-state index contributed by atoms with van der Waals surface area (Å²) in [7, 11) is 0. The predicted molar refractivity (Wildman–Crippen MR) is 150 cm³/mol. The number of halogens is 2. The molecule has 2 aliphatic rings. The number of benzene rings is 2. The van der Waals surface area contributed by atoms with Crippen LogP contribution in [-0.2, 0) is 13.0 Å². The molecule has 2 aromatic heterocycles. The lowest BCUT2D eigenvalue weighted by Gasteiger charge is -2.20. The van der Waals surface area contributed by atoms with Crippen molar-refractivity contribution in [1.29, 1.82) is 0 Å². The van der Waals surface area contributed by atoms with Crippen LogP contribution in [0.5, 0.6) is 0 Å². The first-order valence-corrected chi connectivity index (χ1v) is 13.7. The molecule has 1 saturated heterocycles. The topological polar surface area (TPSA) is 97.1 Å². The van der Waals surface area contributed by atoms with Crippen LogP contribution in [0.15, 0.2) is 41.3 Å². The summed E-state index contributed by atoms with van der Waals surface area (Å²) >= 11 is 0. The minimum absolute atomic E-state index is 0.0157. The van der Waals surface area contributed by atoms with Gasteiger partial charge in [-0.3, -0.25) is 9.59 Å². The number of imidazole rings is 1. The fourth-order valence-corrected chi connectivity index (χ4v) is 5.84. The summed E-state index contributed by atoms with van der Waals surface area (Å²) < 4.78 is 27.6. The van der Waals surface area contributed by atoms with Crippen LogP contribution in [0.3, 0.4) is 0 Å². The lowest BCUT2D eigenvalue weighted by Crippen LogP contribution is -2.33. The predicted octanol–water partition coefficient (Wildman–Crippen LogP) is 4.60. The van der Waals surface area contributed by atoms with Gasteiger partial charge in [0.2, 0.25) is 0 Å². The zero-order valence-corrected chi connectivity index (χ0v) is 22.6. The lowest BCUT2D eigenvalue weighted by molar-refractivity contribution is 0.0763. The van der Waals surface area contributed by atoms with Gasteiger partial charge in [-0.2, -0.15) is 0 Å². The highest BCUT2D eigenvalue weighted by Gasteiger charge is 2.29. The Morgan fingerprint density at radius 2 is 1.90 bits per heavy atom. The minimum Gasteiger partial charge on any atom is -0.381 e. The van der Waals surface area contributed by atoms with E-state index >= 15 is 0 Å². The van der Waals surface area contributed by atoms with E-state index in [0.29, 0.717) is 53.2 Å². The Labute approximate surface area is 230 Å². The number of amides is 1. The smallest absolute Gasteiger partial charge is 0.261 e. The molecule has 208 valence electrons. The van der Waals surface area contributed by atoms with Gasteiger partial charge in [-0.25, -0.2) is 13.8 Å². The Bertz CT molecular complexity index is 1660. The van der Waals surface area contributed by atoms with Crippen molar-refractivity contribution < 1.29 is 13.6 Å². The molecule has 10 heteroatoms. The number of fused-ring (bicyclic) bond motifs is 2. The van der Waals surface area contributed by atoms with Gasteiger partial charge < -0.3 is 25.1 Å². The molecule has 2 aliphatic heterocycles. The number of likely N-dealkylation sites (tertiary alicyclic amines) is 1. The van der Waals surface area contributed by atoms with E-state index in [0.717, 1.165) is 36.8 Å². The number of anilines is 1. The van der Waals surface area contributed by atoms with E-state index in [-0.39, 0.29) is 23.1 Å². The van der Waals surface area contributed by atoms with E-state index in [1.165, 1.54) is 12.8 Å². The second-order valence-electron chi connectivity index (χ2n) is 10.9. The van der Waals surface area contributed by atoms with Gasteiger partial charge in [-0.15, -0.1) is 0 Å². The summed E-state index contributed by atoms with van der Waals surface area (Å²) in [5.41, 5.74) is 4.51. The SMILES string of the molecule is Cc1c(CC(C)Nc2cc[nH]c(=O)c2-c2nc3cc4c(cc3[nH]2)CN(CCN2CCCC2)C4=O)ccc(F)c1F. The Kier molecular flexibility index (Phi) is 6.87. The van der Waals surface area contributed by atoms with Gasteiger partial charge in [0.1, 0.15) is 11.4 Å². The highest BCUT2D eigenvalue weighted by atomic mass is 19.2. The number of aromatic nitrogens is 3. The molecule has 1 fully saturated rings. The van der Waals surface area contributed by atoms with Gasteiger partial charge in [0, 0.05) is 37.4 Å². The Morgan fingerprint density at radius 3 is 2.70 bits per heavy atom. The first kappa shape index (κ1) is 26.2. The van der Waals surface area contributed by atoms with Crippen molar-refractivity contribution in [2.24, 2.45) is 0 Å². The number of aromatic amines is 2. The van der Waals surface area contributed by atoms with Crippen molar-refractivity contribution in [1.82, 2.24) is 24.8 Å². The number of carbonyl (C=O) groups excluding carboxylic acids is 1. The summed E-state index contributed by atoms with van der Waals surface area (Å²) in [6, 6.07) is 8.03. The van der Waals surface area contributed by atoms with Gasteiger partial charge in [0.25, 0.3) is 11.5 Å². The van der Waals surface area contributed by atoms with E-state index in [2.05, 4.69) is 20.2 Å². The standard InChI is InChI=1S/C30H32F2N6O2/c1-17(13-19-5-6-22(31)27(32)18(19)2)34-23-7-8-33-29(39)26(23)28-35-24-14-20-16-38(12-11-37-9-3-4-10-37)30(40)21(20)15-25(24)36-28/h5-8,14-15,17H,3-4,9-13,16H2,1-2H3,(H,35,36)(H2,33,34,39). The maximum absolute atomic E-state index is 14.1. The Hall–Kier alpha value is -4.05. The molecule has 0 aliphatic carbocycles. The number of hydrogen-bond donors (Lipinski definition) is 3. The van der Waals surface area contributed by atoms with Gasteiger partial charge in [0.15, 0.2) is 11.6 Å². The molecule has 0 radical (unpaired) electrons. The second-order valence-corrected chi connectivity index (χ2v) is 10.9. The molecule has 0 saturated carbocycles. The zero-order chi connectivity index (χ0) is 28.0. The fourth-order valence-electron chi connectivity index (χ4n) is 5.84. The fraction of sp³-hybridized carbons (Fsp3) is 0.367. The van der Waals surface area contributed by atoms with Crippen LogP contribution in [0.1, 0.15) is 46.8 Å². The molecule has 0 bridgehead atoms. The number of nitrogens with one attached hydrogen (secondary N) is 3. The van der Waals surface area contributed by atoms with E-state index < -0.39 is 11.6 Å². The third kappa shape index (κ3) is 4.88. The highest BCUT2D eigenvalue weighted by Crippen LogP contribution is 2.30. The number of rotatable bonds is 8. The van der Waals surface area contributed by atoms with Crippen LogP contribution in [0.4, 0.5) is 14.5 Å². The normalized spacial score (nSPS) is 16.2. The molecule has 0 spiro atoms. The van der Waals surface area contributed by atoms with E-state index in [4.69, 9.17) is 4.98 Å². The van der Waals surface area contributed by atoms with Gasteiger partial charge in [0.05, 0.1) is 16.7 Å². The van der Waals surface area contributed by atoms with Gasteiger partial charge in [-0.1, -0.05) is 6.07 Å². The molecule has 6 rings (SSSR count). The van der Waals surface area contributed by atoms with Crippen LogP contribution in [0.25, 0.3) is 22.4 Å². The maximum Gasteiger partial charge on any atom is 0.261 e. The monoisotopic (exact) mass is 546 g/mol. The summed E-state index contributed by atoms with van der Waals surface area (Å²) in [5.74, 6) is -1.31. The average Bonchev–Trinajstić information content (AvgIpc) is 3.66. The van der Waals surface area contributed by atoms with Gasteiger partial charge in [-0.05, 0) is 87.2 Å². The van der Waals surface area contributed by atoms with E-state index in [1.807, 2.05) is 24.0 Å². The van der Waals surface area contributed by atoms with Crippen molar-refractivity contribution in [2.75, 3.05) is 31.5 Å². The molecule has 1 unspecified atom stereocenters. The minimum atomic E-state index is -0.869. The van der Waals surface area contributed by atoms with Gasteiger partial charge >= 0.3 is 0 Å². The average molecular weight is 547 g/mol. The molecule has 3 N–H and O–H groups in total. The number of H-pyrrole nitrogens is 2. The third-order valence-corrected chi connectivity index (χ3v) is 8.05. The first-order valence-electron chi connectivity index (χ1n) is 13.7. The largest absolute Gasteiger partial charge is 0.381 e. The van der Waals surface area contributed by atoms with Crippen LogP contribution >= 0.6 is 0 Å². The number of nitrogens with zero attached hydrogens (tertiary/aromatic N) is 3. The van der Waals surface area contributed by atoms with Crippen molar-refractivity contribution >= 4 is 22.6 Å². The molecule has 4 heterocycles. The Balaban J connectivity index is 1.23. The van der Waals surface area contributed by atoms with Crippen molar-refractivity contribution in [3.05, 3.63) is 80.8 Å². The lowest BCUT2D eigenvalue weighted by atomic mass is 10.0. The molecule has 1 atom stereocenters. The highest BCUT2D eigenvalue weighted by molar-refractivity contribution is 6.02. The maximum atomic E-state index is 14.1. The quantitative estimate of drug-likeness (QED) is 0.300. The summed E-state index contributed by atoms with van der Waals surface area (Å²) in [6.45, 7) is 7.83. The Morgan fingerprint density at radius 1 is 1.10 bits per heavy atom. The zero-order valence-electron chi connectivity index (χ0n) is 22.6. The van der Waals surface area contributed by atoms with Crippen molar-refractivity contribution in [3.8, 4) is 11.4 Å². The second kappa shape index (κ2) is 10.5. The first-order chi connectivity index (χ1) is 19.3. The molecule has 2 aromatic carbocycles. The van der Waals surface area contributed by atoms with Crippen LogP contribution in [-0.4, -0.2) is 62.9 Å². The van der Waals surface area contributed by atoms with Crippen LogP contribution < -0.4 is 10.9 Å². The molecule has 8 nitrogen and oxygen atoms in total. The van der Waals surface area contributed by atoms with Crippen molar-refractivity contribution in [3.63, 3.8) is 0 Å². The summed E-state index contributed by atoms with van der Waals surface area (Å²) in [5, 5.41) is 3.34. The summed E-state index contributed by atoms with van der Waals surface area (Å²) in [6.07, 6.45) is 4.43. The molecule has 4 aromatic rings. The molecular formula is C30H32F2N6O2. The van der Waals surface area contributed by atoms with Crippen LogP contribution in [0.2, 0.25) is 0 Å². The number of pyridine rings is 1. The van der Waals surface area contributed by atoms with Crippen LogP contribution in [0, 0.1) is 18.6 Å². The third-order valence-electron chi connectivity index (χ3n) is 8.05. The summed E-state index contributed by atoms with van der Waals surface area (Å²) in [4.78, 5) is 41.1. The van der Waals surface area contributed by atoms with E-state index in [1.54, 1.807) is 25.3 Å².